The van der Waals surface area contributed by atoms with E-state index in [9.17, 15) is 9.59 Å². The van der Waals surface area contributed by atoms with Gasteiger partial charge in [0, 0.05) is 55.2 Å². The van der Waals surface area contributed by atoms with E-state index in [2.05, 4.69) is 11.4 Å². The Morgan fingerprint density at radius 1 is 1.05 bits per heavy atom. The second-order valence-electron chi connectivity index (χ2n) is 12.5. The molecule has 0 radical (unpaired) electrons. The fraction of sp³-hybridized carbons (Fsp3) is 0.548. The molecule has 0 bridgehead atoms. The van der Waals surface area contributed by atoms with Crippen LogP contribution in [0.25, 0.3) is 10.9 Å². The van der Waals surface area contributed by atoms with Gasteiger partial charge in [-0.25, -0.2) is 14.2 Å². The van der Waals surface area contributed by atoms with Crippen molar-refractivity contribution in [1.29, 1.82) is 0 Å². The zero-order chi connectivity index (χ0) is 29.4. The summed E-state index contributed by atoms with van der Waals surface area (Å²) in [5.41, 5.74) is 3.27. The monoisotopic (exact) mass is 553 g/mol. The molecule has 1 N–H and O–H groups in total. The van der Waals surface area contributed by atoms with E-state index in [0.29, 0.717) is 25.7 Å². The van der Waals surface area contributed by atoms with Crippen molar-refractivity contribution in [2.24, 2.45) is 0 Å². The molecule has 0 saturated carbocycles. The first-order valence-corrected chi connectivity index (χ1v) is 13.8. The summed E-state index contributed by atoms with van der Waals surface area (Å²) in [4.78, 5) is 28.0. The summed E-state index contributed by atoms with van der Waals surface area (Å²) in [6, 6.07) is 5.98. The summed E-state index contributed by atoms with van der Waals surface area (Å²) >= 11 is 0. The molecule has 1 aromatic carbocycles. The molecule has 2 unspecified atom stereocenters. The van der Waals surface area contributed by atoms with Crippen LogP contribution < -0.4 is 5.32 Å². The molecular weight excluding hydrogens is 510 g/mol. The smallest absolute Gasteiger partial charge is 0.419 e. The third-order valence-electron chi connectivity index (χ3n) is 7.12. The molecule has 4 rings (SSSR count). The molecule has 1 heterocycles. The summed E-state index contributed by atoms with van der Waals surface area (Å²) in [5, 5.41) is 4.43. The first-order valence-electron chi connectivity index (χ1n) is 13.8. The average molecular weight is 554 g/mol. The molecule has 1 aromatic heterocycles. The largest absolute Gasteiger partial charge is 0.498 e. The van der Waals surface area contributed by atoms with Crippen LogP contribution >= 0.6 is 0 Å². The van der Waals surface area contributed by atoms with Crippen LogP contribution in [-0.2, 0) is 31.8 Å². The minimum absolute atomic E-state index is 0.0448. The number of amides is 1. The maximum absolute atomic E-state index is 13.5. The van der Waals surface area contributed by atoms with Crippen LogP contribution in [-0.4, -0.2) is 66.3 Å². The molecular formula is C31H43N3O6. The highest BCUT2D eigenvalue weighted by atomic mass is 16.6. The SMILES string of the molecule is COC1=CC(Nc2ccc3c4c(n(C(=O)OC(C)(C)C)c3c2)CCC(N(C)C(=O)OC(C)(C)C)C4)=CCC1OC. The predicted molar refractivity (Wildman–Crippen MR) is 156 cm³/mol. The third-order valence-corrected chi connectivity index (χ3v) is 7.12. The van der Waals surface area contributed by atoms with Crippen molar-refractivity contribution < 1.29 is 28.5 Å². The quantitative estimate of drug-likeness (QED) is 0.459. The van der Waals surface area contributed by atoms with E-state index in [1.807, 2.05) is 65.8 Å². The number of rotatable bonds is 5. The highest BCUT2D eigenvalue weighted by Crippen LogP contribution is 2.36. The van der Waals surface area contributed by atoms with Crippen LogP contribution in [0.5, 0.6) is 0 Å². The second kappa shape index (κ2) is 11.2. The van der Waals surface area contributed by atoms with Gasteiger partial charge in [-0.05, 0) is 78.5 Å². The number of anilines is 1. The molecule has 2 aromatic rings. The second-order valence-corrected chi connectivity index (χ2v) is 12.5. The van der Waals surface area contributed by atoms with Gasteiger partial charge >= 0.3 is 12.2 Å². The Hall–Kier alpha value is -3.46. The highest BCUT2D eigenvalue weighted by Gasteiger charge is 2.34. The van der Waals surface area contributed by atoms with Crippen LogP contribution in [0, 0.1) is 0 Å². The maximum atomic E-state index is 13.5. The molecule has 0 spiro atoms. The minimum atomic E-state index is -0.642. The van der Waals surface area contributed by atoms with Gasteiger partial charge < -0.3 is 29.2 Å². The van der Waals surface area contributed by atoms with Gasteiger partial charge in [-0.15, -0.1) is 0 Å². The van der Waals surface area contributed by atoms with Crippen LogP contribution in [0.4, 0.5) is 15.3 Å². The zero-order valence-electron chi connectivity index (χ0n) is 25.2. The topological polar surface area (TPSA) is 91.3 Å². The number of hydrogen-bond donors (Lipinski definition) is 1. The first kappa shape index (κ1) is 29.5. The van der Waals surface area contributed by atoms with E-state index in [1.165, 1.54) is 0 Å². The van der Waals surface area contributed by atoms with Crippen molar-refractivity contribution in [3.8, 4) is 0 Å². The van der Waals surface area contributed by atoms with Crippen molar-refractivity contribution in [2.75, 3.05) is 26.6 Å². The van der Waals surface area contributed by atoms with Gasteiger partial charge in [0.1, 0.15) is 23.1 Å². The van der Waals surface area contributed by atoms with Crippen molar-refractivity contribution in [2.45, 2.75) is 90.6 Å². The normalized spacial score (nSPS) is 19.3. The lowest BCUT2D eigenvalue weighted by molar-refractivity contribution is 0.0207. The Morgan fingerprint density at radius 3 is 2.38 bits per heavy atom. The summed E-state index contributed by atoms with van der Waals surface area (Å²) in [6.45, 7) is 11.2. The first-order chi connectivity index (χ1) is 18.7. The Bertz CT molecular complexity index is 1340. The highest BCUT2D eigenvalue weighted by molar-refractivity contribution is 5.96. The summed E-state index contributed by atoms with van der Waals surface area (Å²) in [5.74, 6) is 0.751. The number of carbonyl (C=O) groups excluding carboxylic acids is 2. The lowest BCUT2D eigenvalue weighted by Gasteiger charge is -2.33. The van der Waals surface area contributed by atoms with Crippen LogP contribution in [0.3, 0.4) is 0 Å². The Kier molecular flexibility index (Phi) is 8.26. The van der Waals surface area contributed by atoms with Gasteiger partial charge in [0.2, 0.25) is 0 Å². The minimum Gasteiger partial charge on any atom is -0.498 e. The van der Waals surface area contributed by atoms with E-state index < -0.39 is 17.3 Å². The molecule has 0 saturated heterocycles. The van der Waals surface area contributed by atoms with Crippen LogP contribution in [0.15, 0.2) is 41.8 Å². The van der Waals surface area contributed by atoms with E-state index in [4.69, 9.17) is 18.9 Å². The molecule has 2 atom stereocenters. The van der Waals surface area contributed by atoms with Gasteiger partial charge in [-0.3, -0.25) is 0 Å². The molecule has 9 nitrogen and oxygen atoms in total. The predicted octanol–water partition coefficient (Wildman–Crippen LogP) is 6.39. The number of ether oxygens (including phenoxy) is 4. The average Bonchev–Trinajstić information content (AvgIpc) is 3.19. The number of nitrogens with one attached hydrogen (secondary N) is 1. The van der Waals surface area contributed by atoms with Gasteiger partial charge in [0.05, 0.1) is 12.6 Å². The number of methoxy groups -OCH3 is 2. The molecule has 40 heavy (non-hydrogen) atoms. The zero-order valence-corrected chi connectivity index (χ0v) is 25.2. The fourth-order valence-corrected chi connectivity index (χ4v) is 5.26. The summed E-state index contributed by atoms with van der Waals surface area (Å²) in [7, 11) is 5.09. The molecule has 1 amide bonds. The lowest BCUT2D eigenvalue weighted by Crippen LogP contribution is -2.43. The number of fused-ring (bicyclic) bond motifs is 3. The number of benzene rings is 1. The van der Waals surface area contributed by atoms with Crippen molar-refractivity contribution in [3.05, 3.63) is 53.1 Å². The van der Waals surface area contributed by atoms with Gasteiger partial charge in [0.25, 0.3) is 0 Å². The van der Waals surface area contributed by atoms with Crippen LogP contribution in [0.2, 0.25) is 0 Å². The van der Waals surface area contributed by atoms with Gasteiger partial charge in [-0.1, -0.05) is 12.1 Å². The Morgan fingerprint density at radius 2 is 1.75 bits per heavy atom. The molecule has 218 valence electrons. The molecule has 0 aliphatic heterocycles. The molecule has 9 heteroatoms. The third kappa shape index (κ3) is 6.46. The van der Waals surface area contributed by atoms with E-state index in [1.54, 1.807) is 30.7 Å². The van der Waals surface area contributed by atoms with E-state index >= 15 is 0 Å². The Labute approximate surface area is 237 Å². The number of hydrogen-bond acceptors (Lipinski definition) is 7. The Balaban J connectivity index is 1.70. The molecule has 0 fully saturated rings. The van der Waals surface area contributed by atoms with Crippen molar-refractivity contribution in [1.82, 2.24) is 9.47 Å². The van der Waals surface area contributed by atoms with E-state index in [0.717, 1.165) is 39.3 Å². The summed E-state index contributed by atoms with van der Waals surface area (Å²) in [6.07, 6.45) is 5.79. The van der Waals surface area contributed by atoms with Crippen molar-refractivity contribution >= 4 is 28.8 Å². The lowest BCUT2D eigenvalue weighted by atomic mass is 9.90. The standard InChI is InChI=1S/C31H43N3O6/c1-30(2,3)39-28(35)33(7)21-12-14-24-23(18-21)22-13-10-19(16-25(22)34(24)29(36)40-31(4,5)6)32-20-11-15-26(37-8)27(17-20)38-9/h10-11,13,16-17,21,26,32H,12,14-15,18H2,1-9H3. The van der Waals surface area contributed by atoms with Gasteiger partial charge in [0.15, 0.2) is 0 Å². The molecule has 2 aliphatic rings. The molecule has 2 aliphatic carbocycles. The van der Waals surface area contributed by atoms with E-state index in [-0.39, 0.29) is 18.2 Å². The number of likely N-dealkylation sites (N-methyl/N-ethyl adjacent to an activating group) is 1. The maximum Gasteiger partial charge on any atom is 0.419 e. The van der Waals surface area contributed by atoms with Crippen molar-refractivity contribution in [3.63, 3.8) is 0 Å². The summed E-state index contributed by atoms with van der Waals surface area (Å²) < 4.78 is 24.2. The number of allylic oxidation sites excluding steroid dienone is 1. The number of aromatic nitrogens is 1. The number of nitrogens with zero attached hydrogens (tertiary/aromatic N) is 2. The van der Waals surface area contributed by atoms with Gasteiger partial charge in [-0.2, -0.15) is 0 Å². The number of carbonyl (C=O) groups is 2. The fourth-order valence-electron chi connectivity index (χ4n) is 5.26. The van der Waals surface area contributed by atoms with Crippen LogP contribution in [0.1, 0.15) is 65.6 Å².